The number of ketones is 1. The lowest BCUT2D eigenvalue weighted by Gasteiger charge is -2.11. The molecular formula is C16H19N3O4. The molecule has 1 aliphatic carbocycles. The lowest BCUT2D eigenvalue weighted by atomic mass is 10.1. The van der Waals surface area contributed by atoms with E-state index in [1.807, 2.05) is 19.9 Å². The van der Waals surface area contributed by atoms with E-state index < -0.39 is 5.97 Å². The quantitative estimate of drug-likeness (QED) is 0.657. The van der Waals surface area contributed by atoms with Crippen LogP contribution in [-0.2, 0) is 14.3 Å². The summed E-state index contributed by atoms with van der Waals surface area (Å²) in [5.41, 5.74) is 4.95. The van der Waals surface area contributed by atoms with Gasteiger partial charge in [-0.2, -0.15) is 5.10 Å². The fraction of sp³-hybridized carbons (Fsp3) is 0.500. The minimum Gasteiger partial charge on any atom is -0.453 e. The zero-order valence-electron chi connectivity index (χ0n) is 13.2. The number of hydrazone groups is 1. The molecule has 0 bridgehead atoms. The van der Waals surface area contributed by atoms with Crippen molar-refractivity contribution >= 4 is 23.4 Å². The highest BCUT2D eigenvalue weighted by Crippen LogP contribution is 2.38. The Balaban J connectivity index is 1.62. The maximum absolute atomic E-state index is 12.3. The number of hydrogen-bond acceptors (Lipinski definition) is 5. The third-order valence-corrected chi connectivity index (χ3v) is 4.17. The molecule has 1 amide bonds. The van der Waals surface area contributed by atoms with E-state index in [1.54, 1.807) is 0 Å². The molecule has 1 N–H and O–H groups in total. The Morgan fingerprint density at radius 1 is 1.35 bits per heavy atom. The Kier molecular flexibility index (Phi) is 4.02. The van der Waals surface area contributed by atoms with Gasteiger partial charge in [-0.3, -0.25) is 9.59 Å². The monoisotopic (exact) mass is 317 g/mol. The molecule has 0 atom stereocenters. The molecule has 0 radical (unpaired) electrons. The molecule has 23 heavy (non-hydrogen) atoms. The first-order valence-electron chi connectivity index (χ1n) is 7.71. The van der Waals surface area contributed by atoms with E-state index in [0.717, 1.165) is 24.2 Å². The first-order valence-corrected chi connectivity index (χ1v) is 7.71. The van der Waals surface area contributed by atoms with E-state index in [2.05, 4.69) is 15.1 Å². The van der Waals surface area contributed by atoms with Crippen molar-refractivity contribution in [3.05, 3.63) is 23.0 Å². The summed E-state index contributed by atoms with van der Waals surface area (Å²) in [4.78, 5) is 35.2. The number of aryl methyl sites for hydroxylation is 1. The maximum Gasteiger partial charge on any atom is 0.354 e. The van der Waals surface area contributed by atoms with Crippen molar-refractivity contribution in [3.63, 3.8) is 0 Å². The summed E-state index contributed by atoms with van der Waals surface area (Å²) < 4.78 is 7.21. The van der Waals surface area contributed by atoms with Gasteiger partial charge in [-0.1, -0.05) is 0 Å². The first kappa shape index (κ1) is 15.5. The molecule has 2 aliphatic rings. The van der Waals surface area contributed by atoms with Gasteiger partial charge in [0.1, 0.15) is 5.71 Å². The highest BCUT2D eigenvalue weighted by Gasteiger charge is 2.28. The van der Waals surface area contributed by atoms with E-state index in [-0.39, 0.29) is 36.9 Å². The number of Topliss-reactive ketones (excluding diaryl/α,β-unsaturated/α-hetero) is 1. The second-order valence-corrected chi connectivity index (χ2v) is 5.98. The van der Waals surface area contributed by atoms with Crippen LogP contribution in [0.5, 0.6) is 0 Å². The molecule has 3 rings (SSSR count). The average molecular weight is 317 g/mol. The van der Waals surface area contributed by atoms with E-state index in [0.29, 0.717) is 11.6 Å². The van der Waals surface area contributed by atoms with Gasteiger partial charge in [-0.15, -0.1) is 0 Å². The summed E-state index contributed by atoms with van der Waals surface area (Å²) in [6, 6.07) is 2.35. The van der Waals surface area contributed by atoms with Gasteiger partial charge >= 0.3 is 5.97 Å². The highest BCUT2D eigenvalue weighted by molar-refractivity contribution is 6.37. The largest absolute Gasteiger partial charge is 0.453 e. The van der Waals surface area contributed by atoms with Crippen molar-refractivity contribution in [2.75, 3.05) is 6.61 Å². The first-order chi connectivity index (χ1) is 11.0. The Bertz CT molecular complexity index is 713. The van der Waals surface area contributed by atoms with Crippen LogP contribution in [0.3, 0.4) is 0 Å². The fourth-order valence-corrected chi connectivity index (χ4v) is 2.87. The fourth-order valence-electron chi connectivity index (χ4n) is 2.87. The molecule has 7 nitrogen and oxygen atoms in total. The van der Waals surface area contributed by atoms with Crippen molar-refractivity contribution in [2.24, 2.45) is 5.10 Å². The summed E-state index contributed by atoms with van der Waals surface area (Å²) in [7, 11) is 0. The number of carbonyl (C=O) groups excluding carboxylic acids is 3. The Morgan fingerprint density at radius 2 is 2.09 bits per heavy atom. The Morgan fingerprint density at radius 3 is 2.70 bits per heavy atom. The third kappa shape index (κ3) is 3.18. The van der Waals surface area contributed by atoms with Crippen LogP contribution in [0.2, 0.25) is 0 Å². The van der Waals surface area contributed by atoms with Crippen LogP contribution in [0.1, 0.15) is 53.5 Å². The lowest BCUT2D eigenvalue weighted by Crippen LogP contribution is -2.31. The number of hydrogen-bond donors (Lipinski definition) is 1. The molecule has 1 aromatic rings. The van der Waals surface area contributed by atoms with Gasteiger partial charge in [-0.05, 0) is 32.8 Å². The van der Waals surface area contributed by atoms with Gasteiger partial charge in [0.2, 0.25) is 11.7 Å². The van der Waals surface area contributed by atoms with E-state index in [1.165, 1.54) is 0 Å². The van der Waals surface area contributed by atoms with E-state index in [4.69, 9.17) is 4.74 Å². The molecule has 2 heterocycles. The standard InChI is InChI=1S/C16H19N3O4/c1-9-7-12(10(2)19(9)11-3-4-11)14(20)8-23-16(22)13-5-6-15(21)18-17-13/h7,11H,3-6,8H2,1-2H3,(H,18,21). The normalized spacial score (nSPS) is 17.5. The van der Waals surface area contributed by atoms with Gasteiger partial charge in [0.05, 0.1) is 0 Å². The molecule has 0 unspecified atom stereocenters. The molecule has 122 valence electrons. The Labute approximate surface area is 133 Å². The van der Waals surface area contributed by atoms with Crippen LogP contribution in [0, 0.1) is 13.8 Å². The number of amides is 1. The van der Waals surface area contributed by atoms with Crippen LogP contribution in [0.25, 0.3) is 0 Å². The number of nitrogens with zero attached hydrogens (tertiary/aromatic N) is 2. The zero-order valence-corrected chi connectivity index (χ0v) is 13.2. The molecule has 1 saturated carbocycles. The van der Waals surface area contributed by atoms with Crippen molar-refractivity contribution < 1.29 is 19.1 Å². The molecular weight excluding hydrogens is 298 g/mol. The summed E-state index contributed by atoms with van der Waals surface area (Å²) in [5.74, 6) is -1.11. The molecule has 0 aromatic carbocycles. The molecule has 1 fully saturated rings. The number of rotatable bonds is 5. The average Bonchev–Trinajstić information content (AvgIpc) is 3.31. The molecule has 7 heteroatoms. The highest BCUT2D eigenvalue weighted by atomic mass is 16.5. The van der Waals surface area contributed by atoms with Crippen LogP contribution in [0.4, 0.5) is 0 Å². The minimum atomic E-state index is -0.658. The summed E-state index contributed by atoms with van der Waals surface area (Å²) in [5, 5.41) is 3.66. The SMILES string of the molecule is Cc1cc(C(=O)COC(=O)C2=NNC(=O)CC2)c(C)n1C1CC1. The predicted molar refractivity (Wildman–Crippen MR) is 82.3 cm³/mol. The number of nitrogens with one attached hydrogen (secondary N) is 1. The molecule has 0 saturated heterocycles. The van der Waals surface area contributed by atoms with E-state index in [9.17, 15) is 14.4 Å². The van der Waals surface area contributed by atoms with Crippen molar-refractivity contribution in [2.45, 2.75) is 45.6 Å². The van der Waals surface area contributed by atoms with Crippen LogP contribution in [0.15, 0.2) is 11.2 Å². The van der Waals surface area contributed by atoms with Gasteiger partial charge in [0, 0.05) is 35.8 Å². The molecule has 1 aromatic heterocycles. The van der Waals surface area contributed by atoms with Crippen LogP contribution >= 0.6 is 0 Å². The molecule has 1 aliphatic heterocycles. The second-order valence-electron chi connectivity index (χ2n) is 5.98. The zero-order chi connectivity index (χ0) is 16.6. The summed E-state index contributed by atoms with van der Waals surface area (Å²) in [6.07, 6.45) is 2.72. The van der Waals surface area contributed by atoms with Crippen LogP contribution < -0.4 is 5.43 Å². The van der Waals surface area contributed by atoms with Gasteiger partial charge < -0.3 is 9.30 Å². The Hall–Kier alpha value is -2.44. The predicted octanol–water partition coefficient (Wildman–Crippen LogP) is 1.43. The third-order valence-electron chi connectivity index (χ3n) is 4.17. The van der Waals surface area contributed by atoms with Gasteiger partial charge in [0.25, 0.3) is 0 Å². The summed E-state index contributed by atoms with van der Waals surface area (Å²) >= 11 is 0. The maximum atomic E-state index is 12.3. The van der Waals surface area contributed by atoms with Gasteiger partial charge in [-0.25, -0.2) is 10.2 Å². The van der Waals surface area contributed by atoms with E-state index >= 15 is 0 Å². The van der Waals surface area contributed by atoms with Crippen molar-refractivity contribution in [1.82, 2.24) is 9.99 Å². The number of carbonyl (C=O) groups is 3. The number of ether oxygens (including phenoxy) is 1. The molecule has 0 spiro atoms. The van der Waals surface area contributed by atoms with Crippen molar-refractivity contribution in [3.8, 4) is 0 Å². The number of aromatic nitrogens is 1. The second kappa shape index (κ2) is 5.98. The van der Waals surface area contributed by atoms with Crippen molar-refractivity contribution in [1.29, 1.82) is 0 Å². The van der Waals surface area contributed by atoms with Gasteiger partial charge in [0.15, 0.2) is 6.61 Å². The minimum absolute atomic E-state index is 0.140. The summed E-state index contributed by atoms with van der Waals surface area (Å²) in [6.45, 7) is 3.58. The number of esters is 1. The smallest absolute Gasteiger partial charge is 0.354 e. The topological polar surface area (TPSA) is 89.8 Å². The lowest BCUT2D eigenvalue weighted by molar-refractivity contribution is -0.134. The van der Waals surface area contributed by atoms with Crippen LogP contribution in [-0.4, -0.2) is 34.5 Å².